The molecule has 1 saturated heterocycles. The largest absolute Gasteiger partial charge is 0.467 e. The summed E-state index contributed by atoms with van der Waals surface area (Å²) in [5.41, 5.74) is 0.897. The molecular formula is C20H31NO5Si. The number of likely N-dealkylation sites (tertiary alicyclic amines) is 1. The van der Waals surface area contributed by atoms with Crippen LogP contribution in [-0.4, -0.2) is 51.1 Å². The number of benzene rings is 1. The number of esters is 1. The second-order valence-corrected chi connectivity index (χ2v) is 13.2. The summed E-state index contributed by atoms with van der Waals surface area (Å²) in [5.74, 6) is -0.437. The molecule has 0 bridgehead atoms. The molecule has 1 fully saturated rings. The predicted molar refractivity (Wildman–Crippen MR) is 106 cm³/mol. The minimum Gasteiger partial charge on any atom is -0.467 e. The summed E-state index contributed by atoms with van der Waals surface area (Å²) in [6.07, 6.45) is -0.283. The highest BCUT2D eigenvalue weighted by Crippen LogP contribution is 2.39. The van der Waals surface area contributed by atoms with E-state index in [0.717, 1.165) is 5.56 Å². The topological polar surface area (TPSA) is 65.1 Å². The Morgan fingerprint density at radius 2 is 1.81 bits per heavy atom. The maximum atomic E-state index is 12.6. The van der Waals surface area contributed by atoms with Crippen LogP contribution in [0.3, 0.4) is 0 Å². The quantitative estimate of drug-likeness (QED) is 0.560. The fraction of sp³-hybridized carbons (Fsp3) is 0.600. The monoisotopic (exact) mass is 393 g/mol. The Kier molecular flexibility index (Phi) is 6.70. The number of hydrogen-bond donors (Lipinski definition) is 0. The third kappa shape index (κ3) is 5.32. The first-order valence-corrected chi connectivity index (χ1v) is 12.2. The summed E-state index contributed by atoms with van der Waals surface area (Å²) in [6.45, 7) is 11.3. The number of amides is 1. The van der Waals surface area contributed by atoms with Crippen LogP contribution < -0.4 is 0 Å². The van der Waals surface area contributed by atoms with Crippen LogP contribution in [0.15, 0.2) is 30.3 Å². The number of rotatable bonds is 5. The molecule has 2 rings (SSSR count). The molecule has 27 heavy (non-hydrogen) atoms. The second-order valence-electron chi connectivity index (χ2n) is 8.47. The molecule has 1 unspecified atom stereocenters. The molecule has 0 N–H and O–H groups in total. The SMILES string of the molecule is COC(=O)[C@@H]1CC(O[Si](C)(C)C(C)(C)C)CN1C(=O)OCc1ccccc1. The van der Waals surface area contributed by atoms with E-state index in [0.29, 0.717) is 13.0 Å². The van der Waals surface area contributed by atoms with Gasteiger partial charge in [-0.2, -0.15) is 0 Å². The van der Waals surface area contributed by atoms with Crippen LogP contribution in [0.1, 0.15) is 32.8 Å². The Labute approximate surface area is 162 Å². The van der Waals surface area contributed by atoms with Crippen molar-refractivity contribution in [3.8, 4) is 0 Å². The summed E-state index contributed by atoms with van der Waals surface area (Å²) in [5, 5.41) is 0.0506. The number of carbonyl (C=O) groups is 2. The van der Waals surface area contributed by atoms with Crippen molar-refractivity contribution < 1.29 is 23.5 Å². The zero-order valence-electron chi connectivity index (χ0n) is 17.2. The standard InChI is InChI=1S/C20H31NO5Si/c1-20(2,3)27(5,6)26-16-12-17(18(22)24-4)21(13-16)19(23)25-14-15-10-8-7-9-11-15/h7-11,16-17H,12-14H2,1-6H3/t16?,17-/m0/s1. The zero-order valence-corrected chi connectivity index (χ0v) is 18.2. The van der Waals surface area contributed by atoms with Crippen molar-refractivity contribution >= 4 is 20.4 Å². The minimum atomic E-state index is -2.01. The van der Waals surface area contributed by atoms with E-state index in [1.807, 2.05) is 30.3 Å². The van der Waals surface area contributed by atoms with E-state index >= 15 is 0 Å². The smallest absolute Gasteiger partial charge is 0.410 e. The van der Waals surface area contributed by atoms with E-state index in [1.54, 1.807) is 0 Å². The lowest BCUT2D eigenvalue weighted by atomic mass is 10.2. The van der Waals surface area contributed by atoms with Crippen molar-refractivity contribution in [1.29, 1.82) is 0 Å². The number of methoxy groups -OCH3 is 1. The van der Waals surface area contributed by atoms with E-state index in [1.165, 1.54) is 12.0 Å². The van der Waals surface area contributed by atoms with Gasteiger partial charge in [0.2, 0.25) is 0 Å². The molecule has 0 radical (unpaired) electrons. The van der Waals surface area contributed by atoms with Crippen molar-refractivity contribution in [3.05, 3.63) is 35.9 Å². The van der Waals surface area contributed by atoms with E-state index in [-0.39, 0.29) is 17.7 Å². The normalized spacial score (nSPS) is 20.4. The molecule has 0 aromatic heterocycles. The third-order valence-corrected chi connectivity index (χ3v) is 9.98. The lowest BCUT2D eigenvalue weighted by Crippen LogP contribution is -2.45. The van der Waals surface area contributed by atoms with Gasteiger partial charge >= 0.3 is 12.1 Å². The van der Waals surface area contributed by atoms with Crippen LogP contribution in [0.4, 0.5) is 4.79 Å². The van der Waals surface area contributed by atoms with Crippen LogP contribution >= 0.6 is 0 Å². The van der Waals surface area contributed by atoms with E-state index in [4.69, 9.17) is 13.9 Å². The molecule has 1 aliphatic rings. The molecule has 2 atom stereocenters. The Balaban J connectivity index is 2.06. The van der Waals surface area contributed by atoms with E-state index in [9.17, 15) is 9.59 Å². The molecule has 1 amide bonds. The lowest BCUT2D eigenvalue weighted by Gasteiger charge is -2.38. The summed E-state index contributed by atoms with van der Waals surface area (Å²) in [4.78, 5) is 26.2. The van der Waals surface area contributed by atoms with Crippen LogP contribution in [0.5, 0.6) is 0 Å². The van der Waals surface area contributed by atoms with Gasteiger partial charge in [-0.3, -0.25) is 4.90 Å². The molecule has 0 spiro atoms. The first-order valence-electron chi connectivity index (χ1n) is 9.28. The average molecular weight is 394 g/mol. The molecule has 1 aromatic carbocycles. The summed E-state index contributed by atoms with van der Waals surface area (Å²) < 4.78 is 16.7. The lowest BCUT2D eigenvalue weighted by molar-refractivity contribution is -0.145. The summed E-state index contributed by atoms with van der Waals surface area (Å²) in [6, 6.07) is 8.78. The number of hydrogen-bond acceptors (Lipinski definition) is 5. The Morgan fingerprint density at radius 3 is 2.37 bits per heavy atom. The molecule has 1 aromatic rings. The fourth-order valence-electron chi connectivity index (χ4n) is 2.84. The van der Waals surface area contributed by atoms with E-state index < -0.39 is 26.4 Å². The van der Waals surface area contributed by atoms with Gasteiger partial charge in [0.1, 0.15) is 12.6 Å². The van der Waals surface area contributed by atoms with Gasteiger partial charge in [0.25, 0.3) is 0 Å². The van der Waals surface area contributed by atoms with Crippen molar-refractivity contribution in [1.82, 2.24) is 4.90 Å². The van der Waals surface area contributed by atoms with Crippen LogP contribution in [-0.2, 0) is 25.3 Å². The molecule has 0 saturated carbocycles. The average Bonchev–Trinajstić information content (AvgIpc) is 3.02. The van der Waals surface area contributed by atoms with Crippen LogP contribution in [0, 0.1) is 0 Å². The highest BCUT2D eigenvalue weighted by Gasteiger charge is 2.46. The van der Waals surface area contributed by atoms with Gasteiger partial charge in [-0.1, -0.05) is 51.1 Å². The van der Waals surface area contributed by atoms with Gasteiger partial charge in [0.05, 0.1) is 13.2 Å². The Bertz CT molecular complexity index is 656. The van der Waals surface area contributed by atoms with Crippen LogP contribution in [0.25, 0.3) is 0 Å². The summed E-state index contributed by atoms with van der Waals surface area (Å²) >= 11 is 0. The minimum absolute atomic E-state index is 0.0506. The van der Waals surface area contributed by atoms with Gasteiger partial charge < -0.3 is 13.9 Å². The maximum absolute atomic E-state index is 12.6. The van der Waals surface area contributed by atoms with Gasteiger partial charge in [0.15, 0.2) is 8.32 Å². The molecule has 7 heteroatoms. The summed E-state index contributed by atoms with van der Waals surface area (Å²) in [7, 11) is -0.680. The maximum Gasteiger partial charge on any atom is 0.410 e. The highest BCUT2D eigenvalue weighted by atomic mass is 28.4. The molecule has 0 aliphatic carbocycles. The first kappa shape index (κ1) is 21.4. The molecule has 6 nitrogen and oxygen atoms in total. The van der Waals surface area contributed by atoms with Crippen molar-refractivity contribution in [2.75, 3.05) is 13.7 Å². The Morgan fingerprint density at radius 1 is 1.19 bits per heavy atom. The fourth-order valence-corrected chi connectivity index (χ4v) is 4.20. The number of carbonyl (C=O) groups excluding carboxylic acids is 2. The van der Waals surface area contributed by atoms with Crippen LogP contribution in [0.2, 0.25) is 18.1 Å². The van der Waals surface area contributed by atoms with Gasteiger partial charge in [-0.25, -0.2) is 9.59 Å². The second kappa shape index (κ2) is 8.44. The van der Waals surface area contributed by atoms with E-state index in [2.05, 4.69) is 33.9 Å². The van der Waals surface area contributed by atoms with Crippen molar-refractivity contribution in [3.63, 3.8) is 0 Å². The van der Waals surface area contributed by atoms with Crippen molar-refractivity contribution in [2.45, 2.75) is 64.1 Å². The highest BCUT2D eigenvalue weighted by molar-refractivity contribution is 6.74. The van der Waals surface area contributed by atoms with Gasteiger partial charge in [-0.15, -0.1) is 0 Å². The number of nitrogens with zero attached hydrogens (tertiary/aromatic N) is 1. The van der Waals surface area contributed by atoms with Gasteiger partial charge in [-0.05, 0) is 23.7 Å². The molecule has 1 aliphatic heterocycles. The van der Waals surface area contributed by atoms with Crippen molar-refractivity contribution in [2.24, 2.45) is 0 Å². The number of ether oxygens (including phenoxy) is 2. The molecular weight excluding hydrogens is 362 g/mol. The predicted octanol–water partition coefficient (Wildman–Crippen LogP) is 3.96. The first-order chi connectivity index (χ1) is 12.5. The Hall–Kier alpha value is -1.86. The zero-order chi connectivity index (χ0) is 20.2. The molecule has 150 valence electrons. The van der Waals surface area contributed by atoms with Gasteiger partial charge in [0, 0.05) is 13.0 Å². The molecule has 1 heterocycles. The third-order valence-electron chi connectivity index (χ3n) is 5.44.